The Kier molecular flexibility index (Phi) is 5.61. The predicted molar refractivity (Wildman–Crippen MR) is 122 cm³/mol. The normalized spacial score (nSPS) is 12.2. The second kappa shape index (κ2) is 8.36. The van der Waals surface area contributed by atoms with Crippen molar-refractivity contribution in [1.29, 1.82) is 0 Å². The van der Waals surface area contributed by atoms with Crippen molar-refractivity contribution in [3.8, 4) is 11.3 Å². The average molecular weight is 417 g/mol. The molecular formula is C26H24FNO3. The van der Waals surface area contributed by atoms with Crippen LogP contribution in [0.2, 0.25) is 0 Å². The lowest BCUT2D eigenvalue weighted by Crippen LogP contribution is -2.13. The molecule has 1 heterocycles. The Morgan fingerprint density at radius 2 is 1.77 bits per heavy atom. The maximum absolute atomic E-state index is 13.4. The molecule has 0 fully saturated rings. The molecular weight excluding hydrogens is 393 g/mol. The van der Waals surface area contributed by atoms with Crippen molar-refractivity contribution < 1.29 is 13.9 Å². The van der Waals surface area contributed by atoms with Gasteiger partial charge in [0.25, 0.3) is 0 Å². The summed E-state index contributed by atoms with van der Waals surface area (Å²) in [4.78, 5) is 13.2. The molecule has 0 spiro atoms. The summed E-state index contributed by atoms with van der Waals surface area (Å²) in [5, 5.41) is 13.6. The molecule has 5 heteroatoms. The number of nitrogens with one attached hydrogen (secondary N) is 1. The first kappa shape index (κ1) is 20.8. The van der Waals surface area contributed by atoms with E-state index in [0.717, 1.165) is 22.4 Å². The summed E-state index contributed by atoms with van der Waals surface area (Å²) in [6.07, 6.45) is 0. The fraction of sp³-hybridized carbons (Fsp3) is 0.192. The molecule has 4 rings (SSSR count). The van der Waals surface area contributed by atoms with E-state index in [1.807, 2.05) is 50.2 Å². The Balaban J connectivity index is 1.88. The molecule has 1 aromatic heterocycles. The van der Waals surface area contributed by atoms with Gasteiger partial charge in [-0.05, 0) is 62.7 Å². The summed E-state index contributed by atoms with van der Waals surface area (Å²) in [6, 6.07) is 17.1. The molecule has 0 saturated heterocycles. The molecule has 0 aliphatic rings. The second-order valence-corrected chi connectivity index (χ2v) is 7.80. The lowest BCUT2D eigenvalue weighted by Gasteiger charge is -2.20. The molecule has 4 nitrogen and oxygen atoms in total. The molecule has 0 amide bonds. The van der Waals surface area contributed by atoms with Crippen LogP contribution in [-0.2, 0) is 6.61 Å². The maximum Gasteiger partial charge on any atom is 0.196 e. The van der Waals surface area contributed by atoms with E-state index in [-0.39, 0.29) is 23.9 Å². The van der Waals surface area contributed by atoms with Crippen molar-refractivity contribution in [2.45, 2.75) is 33.4 Å². The van der Waals surface area contributed by atoms with Gasteiger partial charge in [-0.15, -0.1) is 0 Å². The zero-order valence-corrected chi connectivity index (χ0v) is 17.7. The van der Waals surface area contributed by atoms with E-state index >= 15 is 0 Å². The predicted octanol–water partition coefficient (Wildman–Crippen LogP) is 5.88. The molecule has 1 atom stereocenters. The number of aliphatic hydroxyl groups is 1. The van der Waals surface area contributed by atoms with Crippen LogP contribution < -0.4 is 10.7 Å². The van der Waals surface area contributed by atoms with Gasteiger partial charge in [0.05, 0.1) is 18.0 Å². The van der Waals surface area contributed by atoms with Crippen molar-refractivity contribution >= 4 is 16.7 Å². The van der Waals surface area contributed by atoms with Crippen LogP contribution in [-0.4, -0.2) is 5.11 Å². The number of aliphatic hydroxyl groups excluding tert-OH is 1. The Labute approximate surface area is 180 Å². The smallest absolute Gasteiger partial charge is 0.196 e. The van der Waals surface area contributed by atoms with Crippen molar-refractivity contribution in [2.24, 2.45) is 0 Å². The van der Waals surface area contributed by atoms with Crippen LogP contribution in [0.15, 0.2) is 69.9 Å². The van der Waals surface area contributed by atoms with E-state index < -0.39 is 0 Å². The molecule has 0 bridgehead atoms. The van der Waals surface area contributed by atoms with Gasteiger partial charge in [0, 0.05) is 27.9 Å². The lowest BCUT2D eigenvalue weighted by atomic mass is 9.98. The van der Waals surface area contributed by atoms with E-state index in [0.29, 0.717) is 27.9 Å². The first-order valence-electron chi connectivity index (χ1n) is 10.2. The minimum absolute atomic E-state index is 0.0759. The highest BCUT2D eigenvalue weighted by atomic mass is 19.1. The summed E-state index contributed by atoms with van der Waals surface area (Å²) in [7, 11) is 0. The van der Waals surface area contributed by atoms with Gasteiger partial charge >= 0.3 is 0 Å². The van der Waals surface area contributed by atoms with Crippen LogP contribution in [0.5, 0.6) is 0 Å². The van der Waals surface area contributed by atoms with Crippen LogP contribution in [0.1, 0.15) is 35.2 Å². The van der Waals surface area contributed by atoms with Gasteiger partial charge in [-0.1, -0.05) is 24.3 Å². The molecule has 0 saturated carbocycles. The largest absolute Gasteiger partial charge is 0.455 e. The Morgan fingerprint density at radius 3 is 2.48 bits per heavy atom. The van der Waals surface area contributed by atoms with Crippen molar-refractivity contribution in [2.75, 3.05) is 5.32 Å². The first-order valence-corrected chi connectivity index (χ1v) is 10.2. The van der Waals surface area contributed by atoms with Crippen LogP contribution in [0.4, 0.5) is 10.1 Å². The topological polar surface area (TPSA) is 62.5 Å². The minimum Gasteiger partial charge on any atom is -0.455 e. The van der Waals surface area contributed by atoms with Gasteiger partial charge in [0.1, 0.15) is 17.2 Å². The highest BCUT2D eigenvalue weighted by Gasteiger charge is 2.19. The molecule has 31 heavy (non-hydrogen) atoms. The zero-order chi connectivity index (χ0) is 22.1. The zero-order valence-electron chi connectivity index (χ0n) is 17.7. The molecule has 0 radical (unpaired) electrons. The van der Waals surface area contributed by atoms with Gasteiger partial charge in [-0.25, -0.2) is 4.39 Å². The van der Waals surface area contributed by atoms with Crippen LogP contribution in [0.3, 0.4) is 0 Å². The quantitative estimate of drug-likeness (QED) is 0.426. The summed E-state index contributed by atoms with van der Waals surface area (Å²) >= 11 is 0. The van der Waals surface area contributed by atoms with E-state index in [2.05, 4.69) is 5.32 Å². The summed E-state index contributed by atoms with van der Waals surface area (Å²) < 4.78 is 19.7. The molecule has 4 aromatic rings. The van der Waals surface area contributed by atoms with Crippen LogP contribution >= 0.6 is 0 Å². The minimum atomic E-state index is -0.346. The van der Waals surface area contributed by atoms with Gasteiger partial charge in [-0.3, -0.25) is 4.79 Å². The van der Waals surface area contributed by atoms with Crippen LogP contribution in [0.25, 0.3) is 22.3 Å². The lowest BCUT2D eigenvalue weighted by molar-refractivity contribution is 0.282. The third-order valence-corrected chi connectivity index (χ3v) is 5.52. The van der Waals surface area contributed by atoms with E-state index in [4.69, 9.17) is 4.42 Å². The van der Waals surface area contributed by atoms with Gasteiger partial charge in [0.15, 0.2) is 5.43 Å². The maximum atomic E-state index is 13.4. The van der Waals surface area contributed by atoms with E-state index in [1.165, 1.54) is 12.1 Å². The number of hydrogen-bond acceptors (Lipinski definition) is 4. The highest BCUT2D eigenvalue weighted by molar-refractivity contribution is 5.84. The third kappa shape index (κ3) is 3.97. The molecule has 0 aliphatic carbocycles. The van der Waals surface area contributed by atoms with Crippen LogP contribution in [0, 0.1) is 19.7 Å². The van der Waals surface area contributed by atoms with Gasteiger partial charge < -0.3 is 14.8 Å². The number of fused-ring (bicyclic) bond motifs is 1. The van der Waals surface area contributed by atoms with E-state index in [1.54, 1.807) is 19.1 Å². The molecule has 0 unspecified atom stereocenters. The summed E-state index contributed by atoms with van der Waals surface area (Å²) in [5.41, 5.74) is 4.93. The van der Waals surface area contributed by atoms with Gasteiger partial charge in [0.2, 0.25) is 0 Å². The molecule has 3 aromatic carbocycles. The molecule has 2 N–H and O–H groups in total. The number of aryl methyl sites for hydroxylation is 1. The number of para-hydroxylation sites is 1. The number of hydrogen-bond donors (Lipinski definition) is 2. The third-order valence-electron chi connectivity index (χ3n) is 5.52. The number of anilines is 1. The Morgan fingerprint density at radius 1 is 1.06 bits per heavy atom. The SMILES string of the molecule is Cc1cc([C@@H](C)Nc2ccccc2CO)c2oc(-c3ccc(F)cc3)c(C)c(=O)c2c1. The fourth-order valence-electron chi connectivity index (χ4n) is 3.88. The second-order valence-electron chi connectivity index (χ2n) is 7.80. The average Bonchev–Trinajstić information content (AvgIpc) is 2.77. The molecule has 158 valence electrons. The number of rotatable bonds is 5. The van der Waals surface area contributed by atoms with Crippen molar-refractivity contribution in [3.63, 3.8) is 0 Å². The van der Waals surface area contributed by atoms with Gasteiger partial charge in [-0.2, -0.15) is 0 Å². The Bertz CT molecular complexity index is 1310. The first-order chi connectivity index (χ1) is 14.9. The number of benzene rings is 3. The number of halogens is 1. The van der Waals surface area contributed by atoms with Crippen molar-refractivity contribution in [1.82, 2.24) is 0 Å². The Hall–Kier alpha value is -3.44. The summed E-state index contributed by atoms with van der Waals surface area (Å²) in [5.74, 6) is 0.0896. The monoisotopic (exact) mass is 417 g/mol. The fourth-order valence-corrected chi connectivity index (χ4v) is 3.88. The highest BCUT2D eigenvalue weighted by Crippen LogP contribution is 2.32. The standard InChI is InChI=1S/C26H24FNO3/c1-15-12-21(17(3)28-23-7-5-4-6-19(23)14-29)26-22(13-15)24(30)16(2)25(31-26)18-8-10-20(27)11-9-18/h4-13,17,28-29H,14H2,1-3H3/t17-/m1/s1. The van der Waals surface area contributed by atoms with E-state index in [9.17, 15) is 14.3 Å². The summed E-state index contributed by atoms with van der Waals surface area (Å²) in [6.45, 7) is 5.58. The van der Waals surface area contributed by atoms with Crippen molar-refractivity contribution in [3.05, 3.63) is 99.0 Å². The molecule has 0 aliphatic heterocycles.